The molecule has 5 nitrogen and oxygen atoms in total. The number of aliphatic carboxylic acids is 1. The second-order valence-electron chi connectivity index (χ2n) is 9.70. The van der Waals surface area contributed by atoms with E-state index in [2.05, 4.69) is 4.57 Å². The number of halogens is 1. The van der Waals surface area contributed by atoms with Gasteiger partial charge in [0.05, 0.1) is 10.9 Å². The van der Waals surface area contributed by atoms with E-state index in [9.17, 15) is 19.4 Å². The van der Waals surface area contributed by atoms with E-state index in [1.165, 1.54) is 6.07 Å². The Labute approximate surface area is 192 Å². The Morgan fingerprint density at radius 1 is 1.15 bits per heavy atom. The van der Waals surface area contributed by atoms with Crippen molar-refractivity contribution in [3.05, 3.63) is 59.0 Å². The lowest BCUT2D eigenvalue weighted by atomic mass is 9.58. The number of rotatable bonds is 5. The van der Waals surface area contributed by atoms with Gasteiger partial charge in [0, 0.05) is 35.9 Å². The molecular formula is C27H30FNO4. The van der Waals surface area contributed by atoms with Gasteiger partial charge in [-0.2, -0.15) is 0 Å². The van der Waals surface area contributed by atoms with Gasteiger partial charge in [-0.25, -0.2) is 4.39 Å². The number of phenolic OH excluding ortho intramolecular Hbond substituents is 1. The van der Waals surface area contributed by atoms with Gasteiger partial charge >= 0.3 is 5.97 Å². The van der Waals surface area contributed by atoms with E-state index in [1.54, 1.807) is 25.1 Å². The molecule has 2 heterocycles. The monoisotopic (exact) mass is 451 g/mol. The van der Waals surface area contributed by atoms with Crippen LogP contribution in [-0.2, 0) is 9.53 Å². The minimum atomic E-state index is -0.727. The molecule has 5 rings (SSSR count). The molecule has 1 aromatic heterocycles. The summed E-state index contributed by atoms with van der Waals surface area (Å²) in [5.41, 5.74) is 4.03. The molecule has 0 unspecified atom stereocenters. The summed E-state index contributed by atoms with van der Waals surface area (Å²) in [6.45, 7) is 5.07. The molecular weight excluding hydrogens is 421 g/mol. The number of hydrogen-bond acceptors (Lipinski definition) is 3. The normalized spacial score (nSPS) is 23.5. The summed E-state index contributed by atoms with van der Waals surface area (Å²) in [5, 5.41) is 21.2. The predicted molar refractivity (Wildman–Crippen MR) is 125 cm³/mol. The van der Waals surface area contributed by atoms with Crippen molar-refractivity contribution < 1.29 is 24.1 Å². The molecule has 0 atom stereocenters. The lowest BCUT2D eigenvalue weighted by Gasteiger charge is -2.45. The number of aromatic nitrogens is 1. The number of phenols is 1. The molecule has 0 amide bonds. The summed E-state index contributed by atoms with van der Waals surface area (Å²) in [4.78, 5) is 12.0. The maximum Gasteiger partial charge on any atom is 0.309 e. The summed E-state index contributed by atoms with van der Waals surface area (Å²) >= 11 is 0. The van der Waals surface area contributed by atoms with Crippen molar-refractivity contribution in [2.45, 2.75) is 57.8 Å². The maximum absolute atomic E-state index is 14.1. The molecule has 1 saturated heterocycles. The fraction of sp³-hybridized carbons (Fsp3) is 0.444. The summed E-state index contributed by atoms with van der Waals surface area (Å²) in [7, 11) is 0. The summed E-state index contributed by atoms with van der Waals surface area (Å²) in [6.07, 6.45) is 3.53. The second kappa shape index (κ2) is 8.17. The smallest absolute Gasteiger partial charge is 0.309 e. The first-order valence-electron chi connectivity index (χ1n) is 11.8. The highest BCUT2D eigenvalue weighted by Crippen LogP contribution is 2.57. The van der Waals surface area contributed by atoms with Crippen molar-refractivity contribution in [2.75, 3.05) is 13.2 Å². The Balaban J connectivity index is 1.75. The van der Waals surface area contributed by atoms with Crippen molar-refractivity contribution in [1.82, 2.24) is 4.57 Å². The number of ether oxygens (including phenoxy) is 1. The molecule has 2 aliphatic rings. The molecule has 2 N–H and O–H groups in total. The van der Waals surface area contributed by atoms with Crippen LogP contribution in [0.25, 0.3) is 16.6 Å². The van der Waals surface area contributed by atoms with Crippen molar-refractivity contribution in [3.8, 4) is 11.4 Å². The number of benzene rings is 2. The van der Waals surface area contributed by atoms with Crippen molar-refractivity contribution in [1.29, 1.82) is 0 Å². The van der Waals surface area contributed by atoms with Gasteiger partial charge in [0.1, 0.15) is 11.6 Å². The van der Waals surface area contributed by atoms with Crippen LogP contribution in [0.3, 0.4) is 0 Å². The average molecular weight is 452 g/mol. The van der Waals surface area contributed by atoms with Crippen LogP contribution in [0.1, 0.15) is 67.7 Å². The summed E-state index contributed by atoms with van der Waals surface area (Å²) in [5.74, 6) is -0.432. The molecule has 174 valence electrons. The van der Waals surface area contributed by atoms with Crippen LogP contribution in [-0.4, -0.2) is 34.0 Å². The molecule has 0 spiro atoms. The zero-order valence-electron chi connectivity index (χ0n) is 19.1. The molecule has 0 bridgehead atoms. The highest BCUT2D eigenvalue weighted by atomic mass is 19.1. The number of aryl methyl sites for hydroxylation is 1. The quantitative estimate of drug-likeness (QED) is 0.496. The van der Waals surface area contributed by atoms with Gasteiger partial charge in [-0.3, -0.25) is 4.79 Å². The van der Waals surface area contributed by atoms with Crippen LogP contribution in [0.4, 0.5) is 4.39 Å². The third kappa shape index (κ3) is 3.52. The maximum atomic E-state index is 14.1. The molecule has 0 radical (unpaired) electrons. The van der Waals surface area contributed by atoms with Crippen LogP contribution >= 0.6 is 0 Å². The van der Waals surface area contributed by atoms with Gasteiger partial charge in [0.2, 0.25) is 0 Å². The lowest BCUT2D eigenvalue weighted by molar-refractivity contribution is -0.156. The van der Waals surface area contributed by atoms with E-state index in [0.29, 0.717) is 38.0 Å². The van der Waals surface area contributed by atoms with Crippen LogP contribution in [0.15, 0.2) is 36.4 Å². The number of nitrogens with zero attached hydrogens (tertiary/aromatic N) is 1. The summed E-state index contributed by atoms with van der Waals surface area (Å²) in [6, 6.07) is 10.6. The first kappa shape index (κ1) is 22.0. The van der Waals surface area contributed by atoms with Crippen molar-refractivity contribution in [3.63, 3.8) is 0 Å². The van der Waals surface area contributed by atoms with E-state index in [-0.39, 0.29) is 23.4 Å². The van der Waals surface area contributed by atoms with Gasteiger partial charge in [0.15, 0.2) is 0 Å². The Morgan fingerprint density at radius 3 is 2.52 bits per heavy atom. The number of hydrogen-bond donors (Lipinski definition) is 2. The van der Waals surface area contributed by atoms with Gasteiger partial charge in [-0.05, 0) is 92.5 Å². The molecule has 2 fully saturated rings. The van der Waals surface area contributed by atoms with Crippen LogP contribution in [0.5, 0.6) is 5.75 Å². The predicted octanol–water partition coefficient (Wildman–Crippen LogP) is 6.04. The lowest BCUT2D eigenvalue weighted by Crippen LogP contribution is -2.42. The number of fused-ring (bicyclic) bond motifs is 1. The Bertz CT molecular complexity index is 1220. The molecule has 2 aromatic carbocycles. The average Bonchev–Trinajstić information content (AvgIpc) is 3.10. The highest BCUT2D eigenvalue weighted by molar-refractivity contribution is 5.90. The summed E-state index contributed by atoms with van der Waals surface area (Å²) < 4.78 is 22.0. The Morgan fingerprint density at radius 2 is 1.88 bits per heavy atom. The van der Waals surface area contributed by atoms with E-state index in [4.69, 9.17) is 4.74 Å². The number of carboxylic acid groups (broad SMARTS) is 1. The van der Waals surface area contributed by atoms with Crippen molar-refractivity contribution >= 4 is 16.9 Å². The topological polar surface area (TPSA) is 71.7 Å². The number of aromatic hydroxyl groups is 1. The zero-order valence-corrected chi connectivity index (χ0v) is 19.1. The molecule has 1 aliphatic heterocycles. The molecule has 1 saturated carbocycles. The molecule has 6 heteroatoms. The minimum absolute atomic E-state index is 0.103. The standard InChI is InChI=1S/C27H30FNO4/c1-3-27(26(31)32)14-18(15-27)24-21-13-20(30)5-7-23(21)29(19-4-6-22(28)16(2)12-19)25(24)17-8-10-33-11-9-17/h4-7,12-13,17-18,30H,3,8-11,14-15H2,1-2H3,(H,31,32)/t18-,27+. The largest absolute Gasteiger partial charge is 0.508 e. The van der Waals surface area contributed by atoms with Crippen molar-refractivity contribution in [2.24, 2.45) is 5.41 Å². The van der Waals surface area contributed by atoms with E-state index in [0.717, 1.165) is 40.7 Å². The van der Waals surface area contributed by atoms with Crippen LogP contribution in [0, 0.1) is 18.2 Å². The number of carboxylic acids is 1. The molecule has 3 aromatic rings. The molecule has 33 heavy (non-hydrogen) atoms. The fourth-order valence-corrected chi connectivity index (χ4v) is 5.87. The second-order valence-corrected chi connectivity index (χ2v) is 9.70. The van der Waals surface area contributed by atoms with Crippen LogP contribution in [0.2, 0.25) is 0 Å². The molecule has 1 aliphatic carbocycles. The third-order valence-electron chi connectivity index (χ3n) is 7.85. The third-order valence-corrected chi connectivity index (χ3v) is 7.85. The van der Waals surface area contributed by atoms with Crippen LogP contribution < -0.4 is 0 Å². The minimum Gasteiger partial charge on any atom is -0.508 e. The first-order valence-corrected chi connectivity index (χ1v) is 11.8. The SMILES string of the molecule is CC[C@]1(C(=O)O)C[C@@H](c2c(C3CCOCC3)n(-c3ccc(F)c(C)c3)c3ccc(O)cc32)C1. The fourth-order valence-electron chi connectivity index (χ4n) is 5.87. The van der Waals surface area contributed by atoms with Gasteiger partial charge in [-0.1, -0.05) is 6.92 Å². The zero-order chi connectivity index (χ0) is 23.3. The van der Waals surface area contributed by atoms with E-state index < -0.39 is 11.4 Å². The Kier molecular flexibility index (Phi) is 5.44. The highest BCUT2D eigenvalue weighted by Gasteiger charge is 2.51. The Hall–Kier alpha value is -2.86. The van der Waals surface area contributed by atoms with E-state index in [1.807, 2.05) is 19.1 Å². The van der Waals surface area contributed by atoms with Gasteiger partial charge in [-0.15, -0.1) is 0 Å². The van der Waals surface area contributed by atoms with Gasteiger partial charge < -0.3 is 19.5 Å². The van der Waals surface area contributed by atoms with Gasteiger partial charge in [0.25, 0.3) is 0 Å². The first-order chi connectivity index (χ1) is 15.8. The van der Waals surface area contributed by atoms with E-state index >= 15 is 0 Å². The number of carbonyl (C=O) groups is 1.